The van der Waals surface area contributed by atoms with Crippen molar-refractivity contribution in [1.29, 1.82) is 0 Å². The minimum Gasteiger partial charge on any atom is -0.462 e. The molecular formula is C63H120O6. The molecule has 0 aromatic heterocycles. The number of hydrogen-bond donors (Lipinski definition) is 0. The lowest BCUT2D eigenvalue weighted by molar-refractivity contribution is -0.167. The van der Waals surface area contributed by atoms with Gasteiger partial charge in [0.1, 0.15) is 13.2 Å². The molecule has 1 unspecified atom stereocenters. The molecule has 0 amide bonds. The Morgan fingerprint density at radius 2 is 0.478 bits per heavy atom. The number of hydrogen-bond acceptors (Lipinski definition) is 6. The van der Waals surface area contributed by atoms with Gasteiger partial charge in [0.05, 0.1) is 0 Å². The van der Waals surface area contributed by atoms with Crippen LogP contribution in [0.5, 0.6) is 0 Å². The molecule has 0 rings (SSSR count). The van der Waals surface area contributed by atoms with Crippen molar-refractivity contribution in [2.75, 3.05) is 13.2 Å². The highest BCUT2D eigenvalue weighted by atomic mass is 16.6. The number of carbonyl (C=O) groups is 3. The second-order valence-corrected chi connectivity index (χ2v) is 21.3. The molecule has 0 N–H and O–H groups in total. The average molecular weight is 974 g/mol. The molecule has 0 fully saturated rings. The maximum atomic E-state index is 12.9. The standard InChI is InChI=1S/C63H120O6/c1-4-7-10-13-16-19-22-24-26-28-30-31-32-33-34-36-37-39-41-44-47-50-53-56-62(65)68-59-60(58-67-61(64)55-52-49-46-43-21-18-15-12-9-6-3)69-63(66)57-54-51-48-45-42-40-38-35-29-27-25-23-20-17-14-11-8-5-2/h27,29,60H,4-26,28,30-59H2,1-3H3/b29-27-. The Morgan fingerprint density at radius 3 is 0.725 bits per heavy atom. The van der Waals surface area contributed by atoms with Crippen molar-refractivity contribution in [3.63, 3.8) is 0 Å². The Hall–Kier alpha value is -1.85. The molecule has 6 nitrogen and oxygen atoms in total. The van der Waals surface area contributed by atoms with Crippen molar-refractivity contribution in [1.82, 2.24) is 0 Å². The molecule has 0 bridgehead atoms. The van der Waals surface area contributed by atoms with E-state index < -0.39 is 6.10 Å². The van der Waals surface area contributed by atoms with E-state index in [1.807, 2.05) is 0 Å². The zero-order valence-corrected chi connectivity index (χ0v) is 46.9. The quantitative estimate of drug-likeness (QED) is 0.0261. The Kier molecular flexibility index (Phi) is 57.1. The molecule has 0 radical (unpaired) electrons. The van der Waals surface area contributed by atoms with Crippen LogP contribution in [0.1, 0.15) is 355 Å². The van der Waals surface area contributed by atoms with Crippen LogP contribution in [0.2, 0.25) is 0 Å². The van der Waals surface area contributed by atoms with Crippen LogP contribution in [-0.2, 0) is 28.6 Å². The van der Waals surface area contributed by atoms with Crippen molar-refractivity contribution in [3.8, 4) is 0 Å². The predicted octanol–water partition coefficient (Wildman–Crippen LogP) is 20.9. The van der Waals surface area contributed by atoms with Crippen LogP contribution in [0.25, 0.3) is 0 Å². The molecule has 0 aliphatic carbocycles. The molecule has 0 aromatic carbocycles. The highest BCUT2D eigenvalue weighted by Gasteiger charge is 2.19. The molecule has 0 aliphatic heterocycles. The van der Waals surface area contributed by atoms with Gasteiger partial charge in [-0.25, -0.2) is 0 Å². The molecule has 69 heavy (non-hydrogen) atoms. The Balaban J connectivity index is 4.19. The smallest absolute Gasteiger partial charge is 0.306 e. The second-order valence-electron chi connectivity index (χ2n) is 21.3. The van der Waals surface area contributed by atoms with Crippen molar-refractivity contribution in [2.45, 2.75) is 361 Å². The van der Waals surface area contributed by atoms with E-state index in [0.29, 0.717) is 19.3 Å². The minimum atomic E-state index is -0.767. The van der Waals surface area contributed by atoms with Crippen LogP contribution in [0.15, 0.2) is 12.2 Å². The number of esters is 3. The van der Waals surface area contributed by atoms with Crippen LogP contribution in [-0.4, -0.2) is 37.2 Å². The highest BCUT2D eigenvalue weighted by Crippen LogP contribution is 2.18. The zero-order chi connectivity index (χ0) is 50.0. The molecule has 6 heteroatoms. The lowest BCUT2D eigenvalue weighted by Crippen LogP contribution is -2.30. The molecule has 0 saturated carbocycles. The third-order valence-electron chi connectivity index (χ3n) is 14.3. The second kappa shape index (κ2) is 58.7. The maximum absolute atomic E-state index is 12.9. The van der Waals surface area contributed by atoms with Gasteiger partial charge >= 0.3 is 17.9 Å². The van der Waals surface area contributed by atoms with E-state index in [4.69, 9.17) is 14.2 Å². The average Bonchev–Trinajstić information content (AvgIpc) is 3.35. The lowest BCUT2D eigenvalue weighted by atomic mass is 10.0. The van der Waals surface area contributed by atoms with Gasteiger partial charge in [-0.1, -0.05) is 303 Å². The molecule has 1 atom stereocenters. The zero-order valence-electron chi connectivity index (χ0n) is 46.9. The van der Waals surface area contributed by atoms with Gasteiger partial charge in [-0.3, -0.25) is 14.4 Å². The summed E-state index contributed by atoms with van der Waals surface area (Å²) in [6.07, 6.45) is 67.9. The fourth-order valence-electron chi connectivity index (χ4n) is 9.56. The number of ether oxygens (including phenoxy) is 3. The molecule has 0 aromatic rings. The highest BCUT2D eigenvalue weighted by molar-refractivity contribution is 5.71. The van der Waals surface area contributed by atoms with Crippen LogP contribution >= 0.6 is 0 Å². The van der Waals surface area contributed by atoms with E-state index in [-0.39, 0.29) is 31.1 Å². The predicted molar refractivity (Wildman–Crippen MR) is 298 cm³/mol. The van der Waals surface area contributed by atoms with Gasteiger partial charge in [0.25, 0.3) is 0 Å². The Labute approximate surface area is 431 Å². The summed E-state index contributed by atoms with van der Waals surface area (Å²) in [4.78, 5) is 38.1. The first-order chi connectivity index (χ1) is 34.0. The number of rotatable bonds is 58. The summed E-state index contributed by atoms with van der Waals surface area (Å²) in [6, 6.07) is 0. The Morgan fingerprint density at radius 1 is 0.275 bits per heavy atom. The van der Waals surface area contributed by atoms with Gasteiger partial charge in [0.2, 0.25) is 0 Å². The molecule has 0 heterocycles. The van der Waals surface area contributed by atoms with E-state index in [9.17, 15) is 14.4 Å². The monoisotopic (exact) mass is 973 g/mol. The summed E-state index contributed by atoms with van der Waals surface area (Å²) in [5, 5.41) is 0. The number of carbonyl (C=O) groups excluding carboxylic acids is 3. The van der Waals surface area contributed by atoms with Crippen LogP contribution < -0.4 is 0 Å². The molecule has 0 saturated heterocycles. The molecule has 0 aliphatic rings. The maximum Gasteiger partial charge on any atom is 0.306 e. The number of allylic oxidation sites excluding steroid dienone is 2. The fraction of sp³-hybridized carbons (Fsp3) is 0.921. The van der Waals surface area contributed by atoms with Crippen molar-refractivity contribution in [2.24, 2.45) is 0 Å². The van der Waals surface area contributed by atoms with E-state index in [1.165, 1.54) is 257 Å². The normalized spacial score (nSPS) is 12.0. The van der Waals surface area contributed by atoms with Crippen molar-refractivity contribution >= 4 is 17.9 Å². The summed E-state index contributed by atoms with van der Waals surface area (Å²) < 4.78 is 16.9. The SMILES string of the molecule is CCCCCCCCC/C=C\CCCCCCCCCC(=O)OC(COC(=O)CCCCCCCCCCCC)COC(=O)CCCCCCCCCCCCCCCCCCCCCCCCC. The summed E-state index contributed by atoms with van der Waals surface area (Å²) >= 11 is 0. The van der Waals surface area contributed by atoms with Gasteiger partial charge in [-0.05, 0) is 44.9 Å². The van der Waals surface area contributed by atoms with E-state index >= 15 is 0 Å². The first-order valence-electron chi connectivity index (χ1n) is 31.2. The third kappa shape index (κ3) is 56.9. The van der Waals surface area contributed by atoms with Crippen molar-refractivity contribution in [3.05, 3.63) is 12.2 Å². The van der Waals surface area contributed by atoms with Crippen LogP contribution in [0.4, 0.5) is 0 Å². The molecule has 408 valence electrons. The summed E-state index contributed by atoms with van der Waals surface area (Å²) in [7, 11) is 0. The molecular weight excluding hydrogens is 853 g/mol. The minimum absolute atomic E-state index is 0.0657. The van der Waals surface area contributed by atoms with Crippen molar-refractivity contribution < 1.29 is 28.6 Å². The van der Waals surface area contributed by atoms with Crippen LogP contribution in [0.3, 0.4) is 0 Å². The first kappa shape index (κ1) is 67.1. The lowest BCUT2D eigenvalue weighted by Gasteiger charge is -2.18. The largest absolute Gasteiger partial charge is 0.462 e. The van der Waals surface area contributed by atoms with Gasteiger partial charge < -0.3 is 14.2 Å². The fourth-order valence-corrected chi connectivity index (χ4v) is 9.56. The molecule has 0 spiro atoms. The van der Waals surface area contributed by atoms with Gasteiger partial charge in [-0.15, -0.1) is 0 Å². The summed E-state index contributed by atoms with van der Waals surface area (Å²) in [5.74, 6) is -0.845. The first-order valence-corrected chi connectivity index (χ1v) is 31.2. The topological polar surface area (TPSA) is 78.9 Å². The Bertz CT molecular complexity index is 1070. The van der Waals surface area contributed by atoms with E-state index in [2.05, 4.69) is 32.9 Å². The van der Waals surface area contributed by atoms with E-state index in [0.717, 1.165) is 57.8 Å². The van der Waals surface area contributed by atoms with E-state index in [1.54, 1.807) is 0 Å². The van der Waals surface area contributed by atoms with Gasteiger partial charge in [-0.2, -0.15) is 0 Å². The van der Waals surface area contributed by atoms with Gasteiger partial charge in [0, 0.05) is 19.3 Å². The summed E-state index contributed by atoms with van der Waals surface area (Å²) in [6.45, 7) is 6.69. The third-order valence-corrected chi connectivity index (χ3v) is 14.3. The summed E-state index contributed by atoms with van der Waals surface area (Å²) in [5.41, 5.74) is 0. The van der Waals surface area contributed by atoms with Gasteiger partial charge in [0.15, 0.2) is 6.10 Å². The number of unbranched alkanes of at least 4 members (excludes halogenated alkanes) is 45. The van der Waals surface area contributed by atoms with Crippen LogP contribution in [0, 0.1) is 0 Å².